The van der Waals surface area contributed by atoms with Crippen LogP contribution in [0.15, 0.2) is 24.3 Å². The van der Waals surface area contributed by atoms with Crippen molar-refractivity contribution >= 4 is 5.91 Å². The smallest absolute Gasteiger partial charge is 0.416 e. The number of rotatable bonds is 6. The predicted molar refractivity (Wildman–Crippen MR) is 69.4 cm³/mol. The van der Waals surface area contributed by atoms with Crippen LogP contribution in [0, 0.1) is 11.3 Å². The van der Waals surface area contributed by atoms with Gasteiger partial charge in [0.1, 0.15) is 5.75 Å². The van der Waals surface area contributed by atoms with E-state index in [2.05, 4.69) is 0 Å². The van der Waals surface area contributed by atoms with Crippen LogP contribution in [0.1, 0.15) is 18.4 Å². The highest BCUT2D eigenvalue weighted by atomic mass is 19.4. The molecule has 0 unspecified atom stereocenters. The van der Waals surface area contributed by atoms with Crippen LogP contribution < -0.4 is 4.74 Å². The van der Waals surface area contributed by atoms with E-state index in [4.69, 9.17) is 10.00 Å². The Kier molecular flexibility index (Phi) is 6.03. The first kappa shape index (κ1) is 16.8. The topological polar surface area (TPSA) is 53.3 Å². The number of carbonyl (C=O) groups excluding carboxylic acids is 1. The number of amides is 1. The van der Waals surface area contributed by atoms with E-state index in [1.54, 1.807) is 7.05 Å². The van der Waals surface area contributed by atoms with Crippen molar-refractivity contribution in [2.24, 2.45) is 0 Å². The quantitative estimate of drug-likeness (QED) is 0.811. The number of benzene rings is 1. The average Bonchev–Trinajstić information content (AvgIpc) is 2.44. The van der Waals surface area contributed by atoms with Crippen LogP contribution in [-0.4, -0.2) is 31.0 Å². The molecule has 0 heterocycles. The number of hydrogen-bond acceptors (Lipinski definition) is 3. The minimum atomic E-state index is -4.38. The van der Waals surface area contributed by atoms with Crippen LogP contribution in [0.5, 0.6) is 5.75 Å². The first-order valence-electron chi connectivity index (χ1n) is 6.25. The molecule has 0 N–H and O–H groups in total. The molecule has 0 aliphatic rings. The second-order valence-corrected chi connectivity index (χ2v) is 4.34. The first-order chi connectivity index (χ1) is 9.84. The summed E-state index contributed by atoms with van der Waals surface area (Å²) in [7, 11) is 1.58. The Balaban J connectivity index is 2.39. The summed E-state index contributed by atoms with van der Waals surface area (Å²) in [6.07, 6.45) is -4.02. The number of carbonyl (C=O) groups is 1. The van der Waals surface area contributed by atoms with Gasteiger partial charge in [0.05, 0.1) is 31.1 Å². The van der Waals surface area contributed by atoms with Crippen LogP contribution in [0.3, 0.4) is 0 Å². The van der Waals surface area contributed by atoms with Gasteiger partial charge in [0.2, 0.25) is 5.91 Å². The SMILES string of the molecule is CN(CCC#N)C(=O)CCOc1ccc(C(F)(F)F)cc1. The number of halogens is 3. The molecule has 0 fully saturated rings. The van der Waals surface area contributed by atoms with E-state index in [0.717, 1.165) is 12.1 Å². The van der Waals surface area contributed by atoms with Gasteiger partial charge >= 0.3 is 6.18 Å². The zero-order valence-corrected chi connectivity index (χ0v) is 11.5. The molecule has 0 bridgehead atoms. The largest absolute Gasteiger partial charge is 0.493 e. The van der Waals surface area contributed by atoms with Crippen LogP contribution >= 0.6 is 0 Å². The second kappa shape index (κ2) is 7.53. The highest BCUT2D eigenvalue weighted by molar-refractivity contribution is 5.75. The van der Waals surface area contributed by atoms with E-state index in [9.17, 15) is 18.0 Å². The van der Waals surface area contributed by atoms with Crippen molar-refractivity contribution in [2.45, 2.75) is 19.0 Å². The molecule has 114 valence electrons. The molecule has 0 radical (unpaired) electrons. The van der Waals surface area contributed by atoms with Crippen LogP contribution in [0.4, 0.5) is 13.2 Å². The molecule has 0 spiro atoms. The fraction of sp³-hybridized carbons (Fsp3) is 0.429. The molecule has 0 aliphatic carbocycles. The molecule has 21 heavy (non-hydrogen) atoms. The van der Waals surface area contributed by atoms with E-state index >= 15 is 0 Å². The summed E-state index contributed by atoms with van der Waals surface area (Å²) in [5.41, 5.74) is -0.748. The second-order valence-electron chi connectivity index (χ2n) is 4.34. The molecule has 7 heteroatoms. The normalized spacial score (nSPS) is 10.8. The van der Waals surface area contributed by atoms with Gasteiger partial charge in [-0.1, -0.05) is 0 Å². The van der Waals surface area contributed by atoms with Crippen molar-refractivity contribution in [1.82, 2.24) is 4.90 Å². The van der Waals surface area contributed by atoms with Gasteiger partial charge in [0.15, 0.2) is 0 Å². The third kappa shape index (κ3) is 5.73. The van der Waals surface area contributed by atoms with Gasteiger partial charge in [0, 0.05) is 13.6 Å². The Labute approximate surface area is 120 Å². The van der Waals surface area contributed by atoms with E-state index < -0.39 is 11.7 Å². The van der Waals surface area contributed by atoms with Crippen LogP contribution in [-0.2, 0) is 11.0 Å². The van der Waals surface area contributed by atoms with Gasteiger partial charge in [-0.2, -0.15) is 18.4 Å². The highest BCUT2D eigenvalue weighted by Crippen LogP contribution is 2.30. The van der Waals surface area contributed by atoms with Gasteiger partial charge in [-0.3, -0.25) is 4.79 Å². The third-order valence-corrected chi connectivity index (χ3v) is 2.75. The average molecular weight is 300 g/mol. The molecule has 0 aromatic heterocycles. The lowest BCUT2D eigenvalue weighted by molar-refractivity contribution is -0.137. The van der Waals surface area contributed by atoms with Gasteiger partial charge in [-0.25, -0.2) is 0 Å². The first-order valence-corrected chi connectivity index (χ1v) is 6.25. The highest BCUT2D eigenvalue weighted by Gasteiger charge is 2.29. The maximum Gasteiger partial charge on any atom is 0.416 e. The van der Waals surface area contributed by atoms with Crippen molar-refractivity contribution in [3.8, 4) is 11.8 Å². The Morgan fingerprint density at radius 3 is 2.48 bits per heavy atom. The Morgan fingerprint density at radius 2 is 1.95 bits per heavy atom. The van der Waals surface area contributed by atoms with Crippen molar-refractivity contribution in [3.63, 3.8) is 0 Å². The summed E-state index contributed by atoms with van der Waals surface area (Å²) in [4.78, 5) is 13.0. The molecule has 1 rings (SSSR count). The number of ether oxygens (including phenoxy) is 1. The summed E-state index contributed by atoms with van der Waals surface area (Å²) in [5, 5.41) is 8.41. The van der Waals surface area contributed by atoms with Crippen molar-refractivity contribution in [3.05, 3.63) is 29.8 Å². The van der Waals surface area contributed by atoms with Crippen LogP contribution in [0.2, 0.25) is 0 Å². The molecule has 0 saturated heterocycles. The molecule has 0 atom stereocenters. The van der Waals surface area contributed by atoms with E-state index in [-0.39, 0.29) is 31.1 Å². The summed E-state index contributed by atoms with van der Waals surface area (Å²) in [6, 6.07) is 6.22. The minimum absolute atomic E-state index is 0.0705. The molecule has 1 aromatic carbocycles. The fourth-order valence-electron chi connectivity index (χ4n) is 1.53. The van der Waals surface area contributed by atoms with E-state index in [0.29, 0.717) is 6.54 Å². The van der Waals surface area contributed by atoms with Gasteiger partial charge in [-0.05, 0) is 24.3 Å². The number of nitrogens with zero attached hydrogens (tertiary/aromatic N) is 2. The molecular formula is C14H15F3N2O2. The lowest BCUT2D eigenvalue weighted by Gasteiger charge is -2.15. The molecule has 1 amide bonds. The summed E-state index contributed by atoms with van der Waals surface area (Å²) >= 11 is 0. The molecule has 0 saturated carbocycles. The molecule has 1 aromatic rings. The third-order valence-electron chi connectivity index (χ3n) is 2.75. The van der Waals surface area contributed by atoms with Crippen LogP contribution in [0.25, 0.3) is 0 Å². The predicted octanol–water partition coefficient (Wildman–Crippen LogP) is 2.85. The number of hydrogen-bond donors (Lipinski definition) is 0. The van der Waals surface area contributed by atoms with Crippen molar-refractivity contribution in [1.29, 1.82) is 5.26 Å². The van der Waals surface area contributed by atoms with Crippen molar-refractivity contribution in [2.75, 3.05) is 20.2 Å². The molecule has 4 nitrogen and oxygen atoms in total. The Morgan fingerprint density at radius 1 is 1.33 bits per heavy atom. The molecular weight excluding hydrogens is 285 g/mol. The standard InChI is InChI=1S/C14H15F3N2O2/c1-19(9-2-8-18)13(20)7-10-21-12-5-3-11(4-6-12)14(15,16)17/h3-6H,2,7,9-10H2,1H3. The minimum Gasteiger partial charge on any atom is -0.493 e. The molecule has 0 aliphatic heterocycles. The monoisotopic (exact) mass is 300 g/mol. The van der Waals surface area contributed by atoms with E-state index in [1.165, 1.54) is 17.0 Å². The lowest BCUT2D eigenvalue weighted by Crippen LogP contribution is -2.28. The lowest BCUT2D eigenvalue weighted by atomic mass is 10.2. The van der Waals surface area contributed by atoms with Crippen molar-refractivity contribution < 1.29 is 22.7 Å². The maximum absolute atomic E-state index is 12.4. The number of nitriles is 1. The summed E-state index contributed by atoms with van der Waals surface area (Å²) < 4.78 is 42.3. The van der Waals surface area contributed by atoms with Gasteiger partial charge < -0.3 is 9.64 Å². The van der Waals surface area contributed by atoms with Gasteiger partial charge in [-0.15, -0.1) is 0 Å². The summed E-state index contributed by atoms with van der Waals surface area (Å²) in [5.74, 6) is 0.0904. The Bertz CT molecular complexity index is 506. The van der Waals surface area contributed by atoms with E-state index in [1.807, 2.05) is 6.07 Å². The van der Waals surface area contributed by atoms with Gasteiger partial charge in [0.25, 0.3) is 0 Å². The fourth-order valence-corrected chi connectivity index (χ4v) is 1.53. The Hall–Kier alpha value is -2.23. The zero-order chi connectivity index (χ0) is 15.9. The number of alkyl halides is 3. The zero-order valence-electron chi connectivity index (χ0n) is 11.5. The summed E-state index contributed by atoms with van der Waals surface area (Å²) in [6.45, 7) is 0.413. The maximum atomic E-state index is 12.4.